The van der Waals surface area contributed by atoms with Gasteiger partial charge in [-0.3, -0.25) is 4.79 Å². The normalized spacial score (nSPS) is 16.7. The molecule has 0 spiro atoms. The highest BCUT2D eigenvalue weighted by molar-refractivity contribution is 5.70. The Morgan fingerprint density at radius 3 is 2.72 bits per heavy atom. The maximum Gasteiger partial charge on any atom is 0.306 e. The second-order valence-electron chi connectivity index (χ2n) is 5.20. The van der Waals surface area contributed by atoms with Gasteiger partial charge in [0, 0.05) is 0 Å². The minimum absolute atomic E-state index is 0.253. The Balaban J connectivity index is 2.35. The average Bonchev–Trinajstić information content (AvgIpc) is 2.57. The molecule has 18 heavy (non-hydrogen) atoms. The molecule has 1 aliphatic rings. The van der Waals surface area contributed by atoms with Crippen LogP contribution >= 0.6 is 0 Å². The van der Waals surface area contributed by atoms with Gasteiger partial charge in [0.15, 0.2) is 0 Å². The van der Waals surface area contributed by atoms with Crippen molar-refractivity contribution in [2.45, 2.75) is 45.4 Å². The third-order valence-electron chi connectivity index (χ3n) is 3.81. The van der Waals surface area contributed by atoms with E-state index in [1.165, 1.54) is 24.0 Å². The van der Waals surface area contributed by atoms with Gasteiger partial charge in [0.25, 0.3) is 0 Å². The van der Waals surface area contributed by atoms with E-state index in [2.05, 4.69) is 0 Å². The Bertz CT molecular complexity index is 451. The monoisotopic (exact) mass is 248 g/mol. The summed E-state index contributed by atoms with van der Waals surface area (Å²) in [7, 11) is 0. The Morgan fingerprint density at radius 1 is 1.28 bits per heavy atom. The van der Waals surface area contributed by atoms with Crippen molar-refractivity contribution >= 4 is 5.97 Å². The van der Waals surface area contributed by atoms with Crippen LogP contribution in [0.15, 0.2) is 12.1 Å². The Hall–Kier alpha value is -1.51. The van der Waals surface area contributed by atoms with Crippen LogP contribution < -0.4 is 0 Å². The summed E-state index contributed by atoms with van der Waals surface area (Å²) in [4.78, 5) is 11.0. The average molecular weight is 248 g/mol. The van der Waals surface area contributed by atoms with Crippen LogP contribution in [0.2, 0.25) is 0 Å². The largest absolute Gasteiger partial charge is 0.508 e. The van der Waals surface area contributed by atoms with Crippen LogP contribution in [-0.4, -0.2) is 16.2 Å². The number of phenols is 1. The molecule has 1 unspecified atom stereocenters. The summed E-state index contributed by atoms with van der Waals surface area (Å²) in [5.74, 6) is -1.00. The zero-order chi connectivity index (χ0) is 13.1. The van der Waals surface area contributed by atoms with E-state index in [-0.39, 0.29) is 5.75 Å². The maximum absolute atomic E-state index is 11.0. The molecular weight excluding hydrogens is 228 g/mol. The van der Waals surface area contributed by atoms with Crippen molar-refractivity contribution in [3.05, 3.63) is 28.8 Å². The minimum Gasteiger partial charge on any atom is -0.508 e. The van der Waals surface area contributed by atoms with Gasteiger partial charge in [0.1, 0.15) is 5.75 Å². The molecule has 0 saturated heterocycles. The summed E-state index contributed by atoms with van der Waals surface area (Å²) in [6.45, 7) is 1.69. The molecule has 0 amide bonds. The number of carboxylic acids is 1. The first kappa shape index (κ1) is 12.9. The van der Waals surface area contributed by atoms with Crippen LogP contribution in [-0.2, 0) is 24.1 Å². The number of fused-ring (bicyclic) bond motifs is 1. The second kappa shape index (κ2) is 5.42. The lowest BCUT2D eigenvalue weighted by molar-refractivity contribution is -0.141. The first-order valence-corrected chi connectivity index (χ1v) is 6.65. The highest BCUT2D eigenvalue weighted by Crippen LogP contribution is 2.31. The van der Waals surface area contributed by atoms with Gasteiger partial charge in [-0.1, -0.05) is 19.4 Å². The quantitative estimate of drug-likeness (QED) is 0.809. The fraction of sp³-hybridized carbons (Fsp3) is 0.533. The smallest absolute Gasteiger partial charge is 0.306 e. The number of rotatable bonds is 3. The molecule has 0 heterocycles. The fourth-order valence-corrected chi connectivity index (χ4v) is 2.69. The molecule has 98 valence electrons. The highest BCUT2D eigenvalue weighted by Gasteiger charge is 2.20. The molecule has 0 radical (unpaired) electrons. The van der Waals surface area contributed by atoms with Crippen molar-refractivity contribution in [3.8, 4) is 5.75 Å². The molecule has 1 aromatic rings. The summed E-state index contributed by atoms with van der Waals surface area (Å²) in [5, 5.41) is 19.0. The van der Waals surface area contributed by atoms with E-state index >= 15 is 0 Å². The molecule has 0 saturated carbocycles. The van der Waals surface area contributed by atoms with Gasteiger partial charge < -0.3 is 10.2 Å². The van der Waals surface area contributed by atoms with E-state index in [9.17, 15) is 9.90 Å². The van der Waals surface area contributed by atoms with Gasteiger partial charge in [-0.2, -0.15) is 0 Å². The van der Waals surface area contributed by atoms with E-state index in [0.29, 0.717) is 6.42 Å². The van der Waals surface area contributed by atoms with Gasteiger partial charge in [-0.25, -0.2) is 0 Å². The van der Waals surface area contributed by atoms with Gasteiger partial charge >= 0.3 is 5.97 Å². The fourth-order valence-electron chi connectivity index (χ4n) is 2.69. The number of carbonyl (C=O) groups is 1. The van der Waals surface area contributed by atoms with E-state index in [0.717, 1.165) is 24.8 Å². The van der Waals surface area contributed by atoms with Crippen LogP contribution in [0, 0.1) is 5.92 Å². The topological polar surface area (TPSA) is 57.5 Å². The molecule has 1 aromatic carbocycles. The third-order valence-corrected chi connectivity index (χ3v) is 3.81. The molecule has 2 N–H and O–H groups in total. The summed E-state index contributed by atoms with van der Waals surface area (Å²) in [5.41, 5.74) is 3.34. The molecule has 3 nitrogen and oxygen atoms in total. The van der Waals surface area contributed by atoms with E-state index < -0.39 is 11.9 Å². The summed E-state index contributed by atoms with van der Waals surface area (Å²) < 4.78 is 0. The van der Waals surface area contributed by atoms with Gasteiger partial charge in [0.05, 0.1) is 5.92 Å². The van der Waals surface area contributed by atoms with Crippen molar-refractivity contribution in [1.29, 1.82) is 0 Å². The minimum atomic E-state index is -0.805. The number of aryl methyl sites for hydroxylation is 1. The van der Waals surface area contributed by atoms with E-state index in [1.807, 2.05) is 6.07 Å². The van der Waals surface area contributed by atoms with E-state index in [4.69, 9.17) is 5.11 Å². The van der Waals surface area contributed by atoms with Crippen LogP contribution in [0.1, 0.15) is 42.9 Å². The standard InChI is InChI=1S/C15H20O3/c1-10(15(17)18)9-13-12-6-4-2-3-5-11(12)7-8-14(13)16/h7-8,10,16H,2-6,9H2,1H3,(H,17,18). The zero-order valence-electron chi connectivity index (χ0n) is 10.8. The van der Waals surface area contributed by atoms with Gasteiger partial charge in [0.2, 0.25) is 0 Å². The first-order chi connectivity index (χ1) is 8.59. The summed E-state index contributed by atoms with van der Waals surface area (Å²) in [6.07, 6.45) is 5.96. The Morgan fingerprint density at radius 2 is 2.00 bits per heavy atom. The van der Waals surface area contributed by atoms with Crippen molar-refractivity contribution in [3.63, 3.8) is 0 Å². The number of phenolic OH excluding ortho intramolecular Hbond substituents is 1. The predicted octanol–water partition coefficient (Wildman–Crippen LogP) is 2.92. The lowest BCUT2D eigenvalue weighted by Crippen LogP contribution is -2.14. The first-order valence-electron chi connectivity index (χ1n) is 6.65. The summed E-state index contributed by atoms with van der Waals surface area (Å²) in [6, 6.07) is 3.71. The SMILES string of the molecule is CC(Cc1c(O)ccc2c1CCCCC2)C(=O)O. The number of hydrogen-bond donors (Lipinski definition) is 2. The van der Waals surface area contributed by atoms with Crippen molar-refractivity contribution in [2.75, 3.05) is 0 Å². The number of aromatic hydroxyl groups is 1. The van der Waals surface area contributed by atoms with Gasteiger partial charge in [-0.15, -0.1) is 0 Å². The second-order valence-corrected chi connectivity index (χ2v) is 5.20. The molecule has 0 fully saturated rings. The maximum atomic E-state index is 11.0. The molecule has 3 heteroatoms. The van der Waals surface area contributed by atoms with Crippen LogP contribution in [0.4, 0.5) is 0 Å². The molecule has 2 rings (SSSR count). The number of carboxylic acid groups (broad SMARTS) is 1. The molecule has 1 atom stereocenters. The molecule has 0 aliphatic heterocycles. The molecular formula is C15H20O3. The van der Waals surface area contributed by atoms with Gasteiger partial charge in [-0.05, 0) is 54.9 Å². The predicted molar refractivity (Wildman–Crippen MR) is 69.9 cm³/mol. The lowest BCUT2D eigenvalue weighted by atomic mass is 9.90. The van der Waals surface area contributed by atoms with Crippen molar-refractivity contribution in [2.24, 2.45) is 5.92 Å². The molecule has 0 aromatic heterocycles. The van der Waals surface area contributed by atoms with Crippen LogP contribution in [0.3, 0.4) is 0 Å². The van der Waals surface area contributed by atoms with Crippen molar-refractivity contribution in [1.82, 2.24) is 0 Å². The van der Waals surface area contributed by atoms with Crippen LogP contribution in [0.25, 0.3) is 0 Å². The molecule has 1 aliphatic carbocycles. The summed E-state index contributed by atoms with van der Waals surface area (Å²) >= 11 is 0. The molecule has 0 bridgehead atoms. The third kappa shape index (κ3) is 2.66. The lowest BCUT2D eigenvalue weighted by Gasteiger charge is -2.16. The number of hydrogen-bond acceptors (Lipinski definition) is 2. The van der Waals surface area contributed by atoms with Crippen molar-refractivity contribution < 1.29 is 15.0 Å². The number of aliphatic carboxylic acids is 1. The Kier molecular flexibility index (Phi) is 3.90. The Labute approximate surface area is 107 Å². The van der Waals surface area contributed by atoms with E-state index in [1.54, 1.807) is 13.0 Å². The number of benzene rings is 1. The highest BCUT2D eigenvalue weighted by atomic mass is 16.4. The zero-order valence-corrected chi connectivity index (χ0v) is 10.8. The van der Waals surface area contributed by atoms with Crippen LogP contribution in [0.5, 0.6) is 5.75 Å².